The second kappa shape index (κ2) is 5.22. The molecule has 0 unspecified atom stereocenters. The van der Waals surface area contributed by atoms with E-state index in [0.29, 0.717) is 16.3 Å². The monoisotopic (exact) mass is 451 g/mol. The second-order valence-electron chi connectivity index (χ2n) is 3.63. The van der Waals surface area contributed by atoms with Gasteiger partial charge in [-0.2, -0.15) is 15.4 Å². The zero-order valence-corrected chi connectivity index (χ0v) is 13.8. The second-order valence-corrected chi connectivity index (χ2v) is 5.86. The number of benzene rings is 1. The molecule has 0 fully saturated rings. The van der Waals surface area contributed by atoms with Gasteiger partial charge in [-0.1, -0.05) is 17.7 Å². The molecule has 0 bridgehead atoms. The number of aromatic amines is 1. The van der Waals surface area contributed by atoms with E-state index in [9.17, 15) is 0 Å². The Bertz CT molecular complexity index is 764. The van der Waals surface area contributed by atoms with Crippen LogP contribution in [0.5, 0.6) is 5.75 Å². The van der Waals surface area contributed by atoms with E-state index in [4.69, 9.17) is 16.4 Å². The molecule has 3 aromatic rings. The summed E-state index contributed by atoms with van der Waals surface area (Å²) in [6.07, 6.45) is 1.74. The summed E-state index contributed by atoms with van der Waals surface area (Å²) in [5, 5.41) is 11.3. The first-order chi connectivity index (χ1) is 9.16. The quantitative estimate of drug-likeness (QED) is 0.369. The van der Waals surface area contributed by atoms with E-state index >= 15 is 0 Å². The van der Waals surface area contributed by atoms with Crippen molar-refractivity contribution in [3.05, 3.63) is 43.7 Å². The number of nitrogens with one attached hydrogen (secondary N) is 1. The van der Waals surface area contributed by atoms with E-state index in [1.54, 1.807) is 17.0 Å². The summed E-state index contributed by atoms with van der Waals surface area (Å²) in [5.41, 5.74) is 1.43. The fraction of sp³-hybridized carbons (Fsp3) is 0. The van der Waals surface area contributed by atoms with Crippen molar-refractivity contribution in [3.8, 4) is 5.75 Å². The number of rotatable bonds is 2. The van der Waals surface area contributed by atoms with Crippen LogP contribution in [0, 0.1) is 3.70 Å². The zero-order valence-electron chi connectivity index (χ0n) is 9.27. The maximum absolute atomic E-state index is 6.02. The van der Waals surface area contributed by atoms with Crippen LogP contribution < -0.4 is 9.57 Å². The standard InChI is InChI=1S/C11H6BrClIN4O/c12-9-6(13)4-5-18(11(9)14)19-8-3-1-2-7-10(8)16-17-15-7/h1-5H,(H,15,16,17)/q+1. The van der Waals surface area contributed by atoms with Gasteiger partial charge in [0.25, 0.3) is 0 Å². The van der Waals surface area contributed by atoms with Gasteiger partial charge >= 0.3 is 3.70 Å². The molecule has 0 aliphatic rings. The van der Waals surface area contributed by atoms with Crippen molar-refractivity contribution >= 4 is 61.2 Å². The molecule has 1 N–H and O–H groups in total. The highest BCUT2D eigenvalue weighted by atomic mass is 127. The molecular weight excluding hydrogens is 446 g/mol. The van der Waals surface area contributed by atoms with Crippen LogP contribution >= 0.6 is 50.1 Å². The molecule has 1 aromatic carbocycles. The average molecular weight is 452 g/mol. The van der Waals surface area contributed by atoms with E-state index in [-0.39, 0.29) is 0 Å². The summed E-state index contributed by atoms with van der Waals surface area (Å²) in [7, 11) is 0. The fourth-order valence-electron chi connectivity index (χ4n) is 1.56. The van der Waals surface area contributed by atoms with Crippen molar-refractivity contribution < 1.29 is 9.57 Å². The summed E-state index contributed by atoms with van der Waals surface area (Å²) in [5.74, 6) is 0.614. The summed E-state index contributed by atoms with van der Waals surface area (Å²) >= 11 is 11.6. The number of H-pyrrole nitrogens is 1. The number of halogens is 3. The molecule has 0 aliphatic heterocycles. The van der Waals surface area contributed by atoms with Crippen LogP contribution in [0.15, 0.2) is 34.9 Å². The van der Waals surface area contributed by atoms with Crippen molar-refractivity contribution in [2.45, 2.75) is 0 Å². The molecule has 0 saturated carbocycles. The van der Waals surface area contributed by atoms with E-state index in [1.807, 2.05) is 18.2 Å². The lowest BCUT2D eigenvalue weighted by Crippen LogP contribution is -2.43. The third-order valence-electron chi connectivity index (χ3n) is 2.45. The topological polar surface area (TPSA) is 54.7 Å². The Morgan fingerprint density at radius 2 is 2.16 bits per heavy atom. The Labute approximate surface area is 135 Å². The number of fused-ring (bicyclic) bond motifs is 1. The largest absolute Gasteiger partial charge is 0.308 e. The first-order valence-electron chi connectivity index (χ1n) is 5.20. The van der Waals surface area contributed by atoms with Crippen LogP contribution in [-0.2, 0) is 0 Å². The molecule has 0 spiro atoms. The molecular formula is C11H6BrClIN4O+. The molecule has 19 heavy (non-hydrogen) atoms. The lowest BCUT2D eigenvalue weighted by atomic mass is 10.3. The number of aromatic nitrogens is 4. The molecule has 0 atom stereocenters. The first kappa shape index (κ1) is 13.1. The lowest BCUT2D eigenvalue weighted by molar-refractivity contribution is -0.885. The van der Waals surface area contributed by atoms with Gasteiger partial charge < -0.3 is 0 Å². The highest BCUT2D eigenvalue weighted by molar-refractivity contribution is 14.1. The minimum Gasteiger partial charge on any atom is -0.228 e. The van der Waals surface area contributed by atoms with Gasteiger partial charge in [0.1, 0.15) is 9.99 Å². The van der Waals surface area contributed by atoms with Crippen molar-refractivity contribution in [1.29, 1.82) is 0 Å². The molecule has 2 aromatic heterocycles. The Morgan fingerprint density at radius 1 is 1.32 bits per heavy atom. The Kier molecular flexibility index (Phi) is 3.59. The van der Waals surface area contributed by atoms with Gasteiger partial charge in [-0.05, 0) is 28.1 Å². The molecule has 96 valence electrons. The third kappa shape index (κ3) is 2.41. The number of hydrogen-bond acceptors (Lipinski definition) is 3. The fourth-order valence-corrected chi connectivity index (χ4v) is 2.72. The maximum atomic E-state index is 6.02. The summed E-state index contributed by atoms with van der Waals surface area (Å²) < 4.78 is 3.22. The van der Waals surface area contributed by atoms with Crippen molar-refractivity contribution in [2.24, 2.45) is 0 Å². The molecule has 0 amide bonds. The van der Waals surface area contributed by atoms with Crippen LogP contribution in [0.1, 0.15) is 0 Å². The third-order valence-corrected chi connectivity index (χ3v) is 5.55. The molecule has 3 rings (SSSR count). The van der Waals surface area contributed by atoms with Crippen LogP contribution in [0.4, 0.5) is 0 Å². The Balaban J connectivity index is 2.06. The van der Waals surface area contributed by atoms with E-state index in [2.05, 4.69) is 53.9 Å². The number of pyridine rings is 1. The smallest absolute Gasteiger partial charge is 0.228 e. The van der Waals surface area contributed by atoms with Crippen molar-refractivity contribution in [1.82, 2.24) is 15.4 Å². The Hall–Kier alpha value is -0.930. The van der Waals surface area contributed by atoms with Crippen molar-refractivity contribution in [2.75, 3.05) is 0 Å². The Morgan fingerprint density at radius 3 is 3.00 bits per heavy atom. The molecule has 2 heterocycles. The van der Waals surface area contributed by atoms with Gasteiger partial charge in [-0.3, -0.25) is 0 Å². The highest BCUT2D eigenvalue weighted by Crippen LogP contribution is 2.25. The predicted molar refractivity (Wildman–Crippen MR) is 82.0 cm³/mol. The molecule has 5 nitrogen and oxygen atoms in total. The number of hydrogen-bond donors (Lipinski definition) is 1. The summed E-state index contributed by atoms with van der Waals surface area (Å²) in [4.78, 5) is 5.81. The van der Waals surface area contributed by atoms with E-state index < -0.39 is 0 Å². The van der Waals surface area contributed by atoms with Gasteiger partial charge in [0.15, 0.2) is 5.52 Å². The predicted octanol–water partition coefficient (Wildman–Crippen LogP) is 3.11. The zero-order chi connectivity index (χ0) is 13.4. The SMILES string of the molecule is Clc1cc[n+](Oc2cccc3n[nH]nc23)c(I)c1Br. The van der Waals surface area contributed by atoms with Gasteiger partial charge in [0.05, 0.1) is 5.02 Å². The van der Waals surface area contributed by atoms with Crippen LogP contribution in [0.25, 0.3) is 11.0 Å². The normalized spacial score (nSPS) is 10.9. The van der Waals surface area contributed by atoms with Gasteiger partial charge in [-0.15, -0.1) is 0 Å². The lowest BCUT2D eigenvalue weighted by Gasteiger charge is -2.01. The van der Waals surface area contributed by atoms with Crippen LogP contribution in [0.2, 0.25) is 5.02 Å². The minimum atomic E-state index is 0.614. The average Bonchev–Trinajstić information content (AvgIpc) is 2.89. The van der Waals surface area contributed by atoms with Gasteiger partial charge in [-0.25, -0.2) is 4.84 Å². The van der Waals surface area contributed by atoms with Crippen molar-refractivity contribution in [3.63, 3.8) is 0 Å². The van der Waals surface area contributed by atoms with Crippen LogP contribution in [-0.4, -0.2) is 15.4 Å². The molecule has 0 aliphatic carbocycles. The summed E-state index contributed by atoms with van der Waals surface area (Å²) in [6.45, 7) is 0. The van der Waals surface area contributed by atoms with Gasteiger partial charge in [0, 0.05) is 33.4 Å². The van der Waals surface area contributed by atoms with E-state index in [1.165, 1.54) is 0 Å². The van der Waals surface area contributed by atoms with Crippen LogP contribution in [0.3, 0.4) is 0 Å². The first-order valence-corrected chi connectivity index (χ1v) is 7.45. The van der Waals surface area contributed by atoms with Gasteiger partial charge in [0.2, 0.25) is 11.9 Å². The number of para-hydroxylation sites is 1. The van der Waals surface area contributed by atoms with E-state index in [0.717, 1.165) is 13.7 Å². The number of nitrogens with zero attached hydrogens (tertiary/aromatic N) is 3. The molecule has 0 radical (unpaired) electrons. The molecule has 0 saturated heterocycles. The summed E-state index contributed by atoms with van der Waals surface area (Å²) in [6, 6.07) is 7.30. The minimum absolute atomic E-state index is 0.614. The maximum Gasteiger partial charge on any atom is 0.308 e. The highest BCUT2D eigenvalue weighted by Gasteiger charge is 2.19. The molecule has 8 heteroatoms.